The Labute approximate surface area is 174 Å². The van der Waals surface area contributed by atoms with Crippen LogP contribution >= 0.6 is 0 Å². The van der Waals surface area contributed by atoms with Crippen molar-refractivity contribution in [1.29, 1.82) is 0 Å². The largest absolute Gasteiger partial charge is 0.497 e. The SMILES string of the molecule is COc1cc(C#Cc2ccccn2)cc(NC(=O)c2ccc3c(c2)CCC(=O)N3)c1. The van der Waals surface area contributed by atoms with Gasteiger partial charge in [0.1, 0.15) is 11.4 Å². The van der Waals surface area contributed by atoms with Crippen molar-refractivity contribution in [2.24, 2.45) is 0 Å². The van der Waals surface area contributed by atoms with Crippen molar-refractivity contribution < 1.29 is 14.3 Å². The molecule has 0 fully saturated rings. The van der Waals surface area contributed by atoms with E-state index in [1.165, 1.54) is 0 Å². The summed E-state index contributed by atoms with van der Waals surface area (Å²) in [6.45, 7) is 0. The van der Waals surface area contributed by atoms with Crippen LogP contribution in [0.15, 0.2) is 60.8 Å². The molecule has 0 saturated carbocycles. The van der Waals surface area contributed by atoms with Crippen molar-refractivity contribution in [3.8, 4) is 17.6 Å². The molecule has 0 atom stereocenters. The van der Waals surface area contributed by atoms with Crippen LogP contribution in [0.25, 0.3) is 0 Å². The first-order valence-corrected chi connectivity index (χ1v) is 9.47. The Morgan fingerprint density at radius 2 is 2.00 bits per heavy atom. The summed E-state index contributed by atoms with van der Waals surface area (Å²) in [5.41, 5.74) is 4.17. The van der Waals surface area contributed by atoms with Crippen LogP contribution in [-0.4, -0.2) is 23.9 Å². The number of methoxy groups -OCH3 is 1. The molecule has 0 unspecified atom stereocenters. The summed E-state index contributed by atoms with van der Waals surface area (Å²) in [7, 11) is 1.56. The molecule has 3 aromatic rings. The van der Waals surface area contributed by atoms with Gasteiger partial charge in [0.15, 0.2) is 0 Å². The molecule has 4 rings (SSSR count). The average molecular weight is 397 g/mol. The van der Waals surface area contributed by atoms with Crippen LogP contribution in [0.3, 0.4) is 0 Å². The van der Waals surface area contributed by atoms with E-state index in [2.05, 4.69) is 27.5 Å². The zero-order chi connectivity index (χ0) is 20.9. The molecular formula is C24H19N3O3. The maximum absolute atomic E-state index is 12.8. The molecular weight excluding hydrogens is 378 g/mol. The van der Waals surface area contributed by atoms with Gasteiger partial charge in [0, 0.05) is 41.2 Å². The highest BCUT2D eigenvalue weighted by atomic mass is 16.5. The predicted octanol–water partition coefficient (Wildman–Crippen LogP) is 3.63. The number of carbonyl (C=O) groups excluding carboxylic acids is 2. The number of hydrogen-bond donors (Lipinski definition) is 2. The van der Waals surface area contributed by atoms with Gasteiger partial charge in [0.05, 0.1) is 7.11 Å². The van der Waals surface area contributed by atoms with E-state index in [1.54, 1.807) is 43.6 Å². The van der Waals surface area contributed by atoms with Crippen molar-refractivity contribution in [2.75, 3.05) is 17.7 Å². The van der Waals surface area contributed by atoms with Crippen LogP contribution in [0.2, 0.25) is 0 Å². The van der Waals surface area contributed by atoms with Crippen molar-refractivity contribution in [3.63, 3.8) is 0 Å². The van der Waals surface area contributed by atoms with Gasteiger partial charge >= 0.3 is 0 Å². The number of pyridine rings is 1. The molecule has 0 aliphatic carbocycles. The first-order chi connectivity index (χ1) is 14.6. The van der Waals surface area contributed by atoms with Gasteiger partial charge in [-0.3, -0.25) is 9.59 Å². The number of nitrogens with zero attached hydrogens (tertiary/aromatic N) is 1. The van der Waals surface area contributed by atoms with Crippen LogP contribution in [-0.2, 0) is 11.2 Å². The van der Waals surface area contributed by atoms with Gasteiger partial charge in [0.25, 0.3) is 5.91 Å². The highest BCUT2D eigenvalue weighted by molar-refractivity contribution is 6.05. The fraction of sp³-hybridized carbons (Fsp3) is 0.125. The van der Waals surface area contributed by atoms with Crippen LogP contribution in [0, 0.1) is 11.8 Å². The number of amides is 2. The van der Waals surface area contributed by atoms with Gasteiger partial charge in [-0.05, 0) is 60.4 Å². The summed E-state index contributed by atoms with van der Waals surface area (Å²) in [6, 6.07) is 16.1. The zero-order valence-electron chi connectivity index (χ0n) is 16.4. The van der Waals surface area contributed by atoms with Gasteiger partial charge in [0.2, 0.25) is 5.91 Å². The summed E-state index contributed by atoms with van der Waals surface area (Å²) in [5, 5.41) is 5.72. The normalized spacial score (nSPS) is 12.1. The van der Waals surface area contributed by atoms with Gasteiger partial charge < -0.3 is 15.4 Å². The zero-order valence-corrected chi connectivity index (χ0v) is 16.4. The highest BCUT2D eigenvalue weighted by Crippen LogP contribution is 2.25. The number of benzene rings is 2. The molecule has 6 nitrogen and oxygen atoms in total. The van der Waals surface area contributed by atoms with Gasteiger partial charge in [-0.1, -0.05) is 12.0 Å². The molecule has 1 aliphatic heterocycles. The Bertz CT molecular complexity index is 1180. The second-order valence-electron chi connectivity index (χ2n) is 6.79. The third-order valence-corrected chi connectivity index (χ3v) is 4.66. The minimum Gasteiger partial charge on any atom is -0.497 e. The number of ether oxygens (including phenoxy) is 1. The Kier molecular flexibility index (Phi) is 5.44. The highest BCUT2D eigenvalue weighted by Gasteiger charge is 2.17. The summed E-state index contributed by atoms with van der Waals surface area (Å²) in [5.74, 6) is 6.39. The average Bonchev–Trinajstić information content (AvgIpc) is 2.77. The van der Waals surface area contributed by atoms with E-state index < -0.39 is 0 Å². The summed E-state index contributed by atoms with van der Waals surface area (Å²) in [4.78, 5) is 28.5. The summed E-state index contributed by atoms with van der Waals surface area (Å²) in [6.07, 6.45) is 2.73. The number of anilines is 2. The van der Waals surface area contributed by atoms with Gasteiger partial charge in [-0.25, -0.2) is 4.98 Å². The van der Waals surface area contributed by atoms with Crippen molar-refractivity contribution in [1.82, 2.24) is 4.98 Å². The Morgan fingerprint density at radius 3 is 2.80 bits per heavy atom. The third-order valence-electron chi connectivity index (χ3n) is 4.66. The molecule has 148 valence electrons. The fourth-order valence-electron chi connectivity index (χ4n) is 3.16. The molecule has 1 aliphatic rings. The van der Waals surface area contributed by atoms with Crippen molar-refractivity contribution in [3.05, 3.63) is 83.2 Å². The molecule has 2 heterocycles. The smallest absolute Gasteiger partial charge is 0.255 e. The van der Waals surface area contributed by atoms with E-state index in [9.17, 15) is 9.59 Å². The molecule has 30 heavy (non-hydrogen) atoms. The lowest BCUT2D eigenvalue weighted by atomic mass is 10.00. The lowest BCUT2D eigenvalue weighted by molar-refractivity contribution is -0.116. The first-order valence-electron chi connectivity index (χ1n) is 9.47. The first kappa shape index (κ1) is 19.2. The number of carbonyl (C=O) groups is 2. The number of fused-ring (bicyclic) bond motifs is 1. The molecule has 0 spiro atoms. The van der Waals surface area contributed by atoms with E-state index >= 15 is 0 Å². The number of nitrogens with one attached hydrogen (secondary N) is 2. The quantitative estimate of drug-likeness (QED) is 0.662. The van der Waals surface area contributed by atoms with Crippen LogP contribution in [0.4, 0.5) is 11.4 Å². The van der Waals surface area contributed by atoms with E-state index in [1.807, 2.05) is 24.3 Å². The molecule has 6 heteroatoms. The maximum Gasteiger partial charge on any atom is 0.255 e. The van der Waals surface area contributed by atoms with Crippen LogP contribution in [0.1, 0.15) is 33.6 Å². The van der Waals surface area contributed by atoms with E-state index in [-0.39, 0.29) is 11.8 Å². The van der Waals surface area contributed by atoms with E-state index in [0.29, 0.717) is 41.1 Å². The van der Waals surface area contributed by atoms with Crippen molar-refractivity contribution in [2.45, 2.75) is 12.8 Å². The summed E-state index contributed by atoms with van der Waals surface area (Å²) >= 11 is 0. The number of aromatic nitrogens is 1. The number of aryl methyl sites for hydroxylation is 1. The Balaban J connectivity index is 1.56. The number of hydrogen-bond acceptors (Lipinski definition) is 4. The van der Waals surface area contributed by atoms with E-state index in [0.717, 1.165) is 11.3 Å². The monoisotopic (exact) mass is 397 g/mol. The van der Waals surface area contributed by atoms with Crippen molar-refractivity contribution >= 4 is 23.2 Å². The molecule has 0 saturated heterocycles. The van der Waals surface area contributed by atoms with Crippen LogP contribution in [0.5, 0.6) is 5.75 Å². The lowest BCUT2D eigenvalue weighted by Gasteiger charge is -2.17. The second kappa shape index (κ2) is 8.50. The Hall–Kier alpha value is -4.11. The lowest BCUT2D eigenvalue weighted by Crippen LogP contribution is -2.20. The number of rotatable bonds is 3. The topological polar surface area (TPSA) is 80.3 Å². The second-order valence-corrected chi connectivity index (χ2v) is 6.79. The molecule has 2 amide bonds. The maximum atomic E-state index is 12.8. The minimum atomic E-state index is -0.244. The van der Waals surface area contributed by atoms with E-state index in [4.69, 9.17) is 4.74 Å². The van der Waals surface area contributed by atoms with Crippen LogP contribution < -0.4 is 15.4 Å². The molecule has 2 aromatic carbocycles. The third kappa shape index (κ3) is 4.47. The molecule has 0 bridgehead atoms. The molecule has 2 N–H and O–H groups in total. The fourth-order valence-corrected chi connectivity index (χ4v) is 3.16. The minimum absolute atomic E-state index is 0.00424. The Morgan fingerprint density at radius 1 is 1.10 bits per heavy atom. The van der Waals surface area contributed by atoms with Gasteiger partial charge in [-0.2, -0.15) is 0 Å². The summed E-state index contributed by atoms with van der Waals surface area (Å²) < 4.78 is 5.34. The molecule has 1 aromatic heterocycles. The molecule has 0 radical (unpaired) electrons. The van der Waals surface area contributed by atoms with Gasteiger partial charge in [-0.15, -0.1) is 0 Å². The predicted molar refractivity (Wildman–Crippen MR) is 115 cm³/mol. The standard InChI is InChI=1S/C24H19N3O3/c1-30-21-13-16(5-8-19-4-2-3-11-25-19)12-20(15-21)26-24(29)18-6-9-22-17(14-18)7-10-23(28)27-22/h2-4,6,9,11-15H,7,10H2,1H3,(H,26,29)(H,27,28).